The third kappa shape index (κ3) is 6.81. The molecule has 0 saturated carbocycles. The molecular weight excluding hydrogens is 412 g/mol. The molecule has 0 aliphatic heterocycles. The Morgan fingerprint density at radius 2 is 1.75 bits per heavy atom. The van der Waals surface area contributed by atoms with Gasteiger partial charge in [0.1, 0.15) is 5.75 Å². The van der Waals surface area contributed by atoms with Crippen LogP contribution in [0.15, 0.2) is 48.5 Å². The lowest BCUT2D eigenvalue weighted by atomic mass is 10.0. The molecular formula is C24H30N2O6. The molecule has 1 atom stereocenters. The van der Waals surface area contributed by atoms with Crippen molar-refractivity contribution >= 4 is 17.8 Å². The summed E-state index contributed by atoms with van der Waals surface area (Å²) < 4.78 is 4.80. The summed E-state index contributed by atoms with van der Waals surface area (Å²) in [6, 6.07) is 11.2. The molecule has 0 aliphatic carbocycles. The monoisotopic (exact) mass is 442 g/mol. The Balaban J connectivity index is 2.22. The van der Waals surface area contributed by atoms with Crippen molar-refractivity contribution in [2.24, 2.45) is 0 Å². The Kier molecular flexibility index (Phi) is 9.69. The number of unbranched alkanes of at least 4 members (excludes halogenated alkanes) is 1. The van der Waals surface area contributed by atoms with E-state index < -0.39 is 17.9 Å². The maximum Gasteiger partial charge on any atom is 0.333 e. The quantitative estimate of drug-likeness (QED) is 0.364. The number of phenols is 1. The van der Waals surface area contributed by atoms with Gasteiger partial charge < -0.3 is 25.2 Å². The summed E-state index contributed by atoms with van der Waals surface area (Å²) >= 11 is 0. The number of aliphatic hydroxyl groups is 1. The molecule has 0 fully saturated rings. The molecule has 0 spiro atoms. The Hall–Kier alpha value is -3.39. The van der Waals surface area contributed by atoms with Crippen molar-refractivity contribution in [2.45, 2.75) is 32.2 Å². The normalized spacial score (nSPS) is 11.5. The summed E-state index contributed by atoms with van der Waals surface area (Å²) in [6.45, 7) is 3.14. The fraction of sp³-hybridized carbons (Fsp3) is 0.375. The van der Waals surface area contributed by atoms with Gasteiger partial charge in [-0.05, 0) is 55.2 Å². The van der Waals surface area contributed by atoms with Crippen molar-refractivity contribution in [1.82, 2.24) is 10.2 Å². The molecule has 2 aromatic rings. The molecule has 0 unspecified atom stereocenters. The number of benzene rings is 2. The summed E-state index contributed by atoms with van der Waals surface area (Å²) in [5.74, 6) is -1.48. The number of carbonyl (C=O) groups excluding carboxylic acids is 3. The number of rotatable bonds is 11. The number of esters is 1. The van der Waals surface area contributed by atoms with E-state index in [4.69, 9.17) is 9.84 Å². The van der Waals surface area contributed by atoms with E-state index >= 15 is 0 Å². The van der Waals surface area contributed by atoms with Crippen LogP contribution in [-0.2, 0) is 9.53 Å². The number of amides is 2. The SMILES string of the molecule is CCCN(CCCCO)C(=O)c1cccc(C(=O)N[C@H](C(=O)OC)c2cccc(O)c2)c1. The van der Waals surface area contributed by atoms with Crippen LogP contribution < -0.4 is 5.32 Å². The van der Waals surface area contributed by atoms with Gasteiger partial charge in [0, 0.05) is 30.8 Å². The molecule has 0 bridgehead atoms. The number of methoxy groups -OCH3 is 1. The lowest BCUT2D eigenvalue weighted by Crippen LogP contribution is -2.35. The maximum absolute atomic E-state index is 13.0. The highest BCUT2D eigenvalue weighted by atomic mass is 16.5. The van der Waals surface area contributed by atoms with Crippen LogP contribution in [-0.4, -0.2) is 59.7 Å². The summed E-state index contributed by atoms with van der Waals surface area (Å²) in [7, 11) is 1.21. The van der Waals surface area contributed by atoms with E-state index in [1.807, 2.05) is 6.92 Å². The molecule has 2 aromatic carbocycles. The van der Waals surface area contributed by atoms with E-state index in [0.29, 0.717) is 37.1 Å². The Bertz CT molecular complexity index is 930. The second kappa shape index (κ2) is 12.5. The van der Waals surface area contributed by atoms with E-state index in [1.165, 1.54) is 25.3 Å². The number of nitrogens with zero attached hydrogens (tertiary/aromatic N) is 1. The first kappa shape index (κ1) is 24.9. The number of aliphatic hydroxyl groups excluding tert-OH is 1. The molecule has 2 amide bonds. The average molecular weight is 443 g/mol. The zero-order valence-electron chi connectivity index (χ0n) is 18.4. The van der Waals surface area contributed by atoms with Crippen molar-refractivity contribution in [3.8, 4) is 5.75 Å². The van der Waals surface area contributed by atoms with Crippen LogP contribution >= 0.6 is 0 Å². The predicted octanol–water partition coefficient (Wildman–Crippen LogP) is 2.66. The Morgan fingerprint density at radius 1 is 1.03 bits per heavy atom. The molecule has 172 valence electrons. The number of phenolic OH excluding ortho intramolecular Hbond substituents is 1. The van der Waals surface area contributed by atoms with Gasteiger partial charge in [-0.3, -0.25) is 9.59 Å². The standard InChI is InChI=1S/C24H30N2O6/c1-3-12-26(13-4-5-14-27)23(30)19-10-6-9-18(15-19)22(29)25-21(24(31)32-2)17-8-7-11-20(28)16-17/h6-11,15-16,21,27-28H,3-5,12-14H2,1-2H3,(H,25,29)/t21-/m0/s1. The minimum absolute atomic E-state index is 0.0459. The molecule has 0 radical (unpaired) electrons. The molecule has 3 N–H and O–H groups in total. The Labute approximate surface area is 187 Å². The van der Waals surface area contributed by atoms with Crippen LogP contribution in [0.3, 0.4) is 0 Å². The van der Waals surface area contributed by atoms with Crippen molar-refractivity contribution in [3.05, 3.63) is 65.2 Å². The largest absolute Gasteiger partial charge is 0.508 e. The van der Waals surface area contributed by atoms with Crippen molar-refractivity contribution in [1.29, 1.82) is 0 Å². The van der Waals surface area contributed by atoms with Crippen LogP contribution in [0.5, 0.6) is 5.75 Å². The van der Waals surface area contributed by atoms with Gasteiger partial charge in [0.25, 0.3) is 11.8 Å². The van der Waals surface area contributed by atoms with Gasteiger partial charge in [-0.1, -0.05) is 25.1 Å². The first-order chi connectivity index (χ1) is 15.4. The first-order valence-electron chi connectivity index (χ1n) is 10.6. The molecule has 8 heteroatoms. The summed E-state index contributed by atoms with van der Waals surface area (Å²) in [6.07, 6.45) is 2.09. The highest BCUT2D eigenvalue weighted by Gasteiger charge is 2.25. The van der Waals surface area contributed by atoms with E-state index in [-0.39, 0.29) is 23.8 Å². The minimum atomic E-state index is -1.12. The second-order valence-corrected chi connectivity index (χ2v) is 7.33. The third-order valence-corrected chi connectivity index (χ3v) is 4.90. The molecule has 8 nitrogen and oxygen atoms in total. The zero-order chi connectivity index (χ0) is 23.5. The van der Waals surface area contributed by atoms with E-state index in [1.54, 1.807) is 35.2 Å². The lowest BCUT2D eigenvalue weighted by molar-refractivity contribution is -0.143. The molecule has 2 rings (SSSR count). The molecule has 32 heavy (non-hydrogen) atoms. The first-order valence-corrected chi connectivity index (χ1v) is 10.6. The van der Waals surface area contributed by atoms with Crippen LogP contribution in [0.2, 0.25) is 0 Å². The smallest absolute Gasteiger partial charge is 0.333 e. The van der Waals surface area contributed by atoms with E-state index in [0.717, 1.165) is 6.42 Å². The lowest BCUT2D eigenvalue weighted by Gasteiger charge is -2.22. The fourth-order valence-electron chi connectivity index (χ4n) is 3.29. The summed E-state index contributed by atoms with van der Waals surface area (Å²) in [4.78, 5) is 39.8. The van der Waals surface area contributed by atoms with Crippen LogP contribution in [0, 0.1) is 0 Å². The minimum Gasteiger partial charge on any atom is -0.508 e. The number of ether oxygens (including phenoxy) is 1. The van der Waals surface area contributed by atoms with Gasteiger partial charge in [0.2, 0.25) is 0 Å². The maximum atomic E-state index is 13.0. The fourth-order valence-corrected chi connectivity index (χ4v) is 3.29. The van der Waals surface area contributed by atoms with Gasteiger partial charge in [-0.25, -0.2) is 4.79 Å². The van der Waals surface area contributed by atoms with Gasteiger partial charge in [-0.2, -0.15) is 0 Å². The summed E-state index contributed by atoms with van der Waals surface area (Å²) in [5.41, 5.74) is 0.953. The second-order valence-electron chi connectivity index (χ2n) is 7.33. The number of aromatic hydroxyl groups is 1. The molecule has 0 heterocycles. The number of nitrogens with one attached hydrogen (secondary N) is 1. The highest BCUT2D eigenvalue weighted by molar-refractivity contribution is 6.01. The van der Waals surface area contributed by atoms with Crippen LogP contribution in [0.1, 0.15) is 58.5 Å². The predicted molar refractivity (Wildman–Crippen MR) is 119 cm³/mol. The molecule has 0 aromatic heterocycles. The topological polar surface area (TPSA) is 116 Å². The number of hydrogen-bond donors (Lipinski definition) is 3. The van der Waals surface area contributed by atoms with Gasteiger partial charge in [0.15, 0.2) is 6.04 Å². The molecule has 0 saturated heterocycles. The number of hydrogen-bond acceptors (Lipinski definition) is 6. The van der Waals surface area contributed by atoms with Crippen molar-refractivity contribution < 1.29 is 29.3 Å². The van der Waals surface area contributed by atoms with E-state index in [9.17, 15) is 19.5 Å². The van der Waals surface area contributed by atoms with Gasteiger partial charge >= 0.3 is 5.97 Å². The number of carbonyl (C=O) groups is 3. The van der Waals surface area contributed by atoms with Crippen LogP contribution in [0.25, 0.3) is 0 Å². The van der Waals surface area contributed by atoms with Gasteiger partial charge in [0.05, 0.1) is 7.11 Å². The van der Waals surface area contributed by atoms with Crippen LogP contribution in [0.4, 0.5) is 0 Å². The zero-order valence-corrected chi connectivity index (χ0v) is 18.4. The Morgan fingerprint density at radius 3 is 2.41 bits per heavy atom. The average Bonchev–Trinajstić information content (AvgIpc) is 2.81. The molecule has 0 aliphatic rings. The van der Waals surface area contributed by atoms with Gasteiger partial charge in [-0.15, -0.1) is 0 Å². The van der Waals surface area contributed by atoms with E-state index in [2.05, 4.69) is 5.32 Å². The third-order valence-electron chi connectivity index (χ3n) is 4.90. The van der Waals surface area contributed by atoms with Crippen molar-refractivity contribution in [3.63, 3.8) is 0 Å². The summed E-state index contributed by atoms with van der Waals surface area (Å²) in [5, 5.41) is 21.3. The van der Waals surface area contributed by atoms with Crippen molar-refractivity contribution in [2.75, 3.05) is 26.8 Å². The highest BCUT2D eigenvalue weighted by Crippen LogP contribution is 2.20.